The topological polar surface area (TPSA) is 59.8 Å². The third-order valence-corrected chi connectivity index (χ3v) is 6.30. The Kier molecular flexibility index (Phi) is 3.31. The Morgan fingerprint density at radius 1 is 1.30 bits per heavy atom. The Balaban J connectivity index is 1.36. The van der Waals surface area contributed by atoms with Gasteiger partial charge >= 0.3 is 6.18 Å². The van der Waals surface area contributed by atoms with Crippen LogP contribution in [0, 0.1) is 5.41 Å². The van der Waals surface area contributed by atoms with Gasteiger partial charge in [0.25, 0.3) is 0 Å². The second kappa shape index (κ2) is 5.25. The molecule has 0 unspecified atom stereocenters. The molecule has 2 aromatic rings. The van der Waals surface area contributed by atoms with Gasteiger partial charge in [-0.25, -0.2) is 0 Å². The molecule has 9 heteroatoms. The highest BCUT2D eigenvalue weighted by Crippen LogP contribution is 2.70. The highest BCUT2D eigenvalue weighted by molar-refractivity contribution is 6.27. The lowest BCUT2D eigenvalue weighted by Crippen LogP contribution is -2.69. The van der Waals surface area contributed by atoms with Crippen LogP contribution in [0.25, 0.3) is 11.3 Å². The largest absolute Gasteiger partial charge is 0.433 e. The molecule has 1 amide bonds. The zero-order valence-corrected chi connectivity index (χ0v) is 14.9. The van der Waals surface area contributed by atoms with Crippen LogP contribution in [0.15, 0.2) is 24.4 Å². The number of halogens is 4. The number of carbonyl (C=O) groups is 1. The van der Waals surface area contributed by atoms with Gasteiger partial charge in [0.05, 0.1) is 22.8 Å². The molecular weight excluding hydrogens is 381 g/mol. The number of pyridine rings is 1. The van der Waals surface area contributed by atoms with Gasteiger partial charge in [-0.3, -0.25) is 14.5 Å². The van der Waals surface area contributed by atoms with E-state index < -0.39 is 11.9 Å². The second-order valence-electron chi connectivity index (χ2n) is 7.88. The molecule has 1 atom stereocenters. The Hall–Kier alpha value is -2.09. The number of nitrogens with one attached hydrogen (secondary N) is 1. The van der Waals surface area contributed by atoms with E-state index in [2.05, 4.69) is 15.4 Å². The van der Waals surface area contributed by atoms with Crippen molar-refractivity contribution >= 4 is 17.5 Å². The van der Waals surface area contributed by atoms with Crippen molar-refractivity contribution in [2.24, 2.45) is 5.41 Å². The summed E-state index contributed by atoms with van der Waals surface area (Å²) in [7, 11) is 0. The van der Waals surface area contributed by atoms with Crippen LogP contribution in [0.5, 0.6) is 0 Å². The van der Waals surface area contributed by atoms with Crippen LogP contribution in [0.3, 0.4) is 0 Å². The van der Waals surface area contributed by atoms with Crippen LogP contribution in [0.1, 0.15) is 43.1 Å². The van der Waals surface area contributed by atoms with Gasteiger partial charge in [0.2, 0.25) is 5.91 Å². The molecule has 5 nitrogen and oxygen atoms in total. The van der Waals surface area contributed by atoms with Crippen LogP contribution in [0.4, 0.5) is 13.2 Å². The van der Waals surface area contributed by atoms with Crippen molar-refractivity contribution in [1.82, 2.24) is 20.1 Å². The number of hydrogen-bond acceptors (Lipinski definition) is 3. The maximum absolute atomic E-state index is 12.9. The minimum atomic E-state index is -4.50. The fourth-order valence-electron chi connectivity index (χ4n) is 4.54. The molecule has 2 bridgehead atoms. The smallest absolute Gasteiger partial charge is 0.347 e. The molecule has 0 spiro atoms. The molecule has 0 saturated heterocycles. The molecule has 27 heavy (non-hydrogen) atoms. The Bertz CT molecular complexity index is 935. The minimum absolute atomic E-state index is 0.0227. The zero-order chi connectivity index (χ0) is 19.0. The van der Waals surface area contributed by atoms with E-state index in [-0.39, 0.29) is 22.2 Å². The lowest BCUT2D eigenvalue weighted by atomic mass is 9.43. The maximum atomic E-state index is 12.9. The van der Waals surface area contributed by atoms with E-state index in [1.54, 1.807) is 10.7 Å². The summed E-state index contributed by atoms with van der Waals surface area (Å²) in [6, 6.07) is 4.07. The van der Waals surface area contributed by atoms with Crippen molar-refractivity contribution in [2.75, 3.05) is 0 Å². The van der Waals surface area contributed by atoms with Crippen LogP contribution in [-0.4, -0.2) is 25.5 Å². The van der Waals surface area contributed by atoms with E-state index >= 15 is 0 Å². The molecule has 3 heterocycles. The van der Waals surface area contributed by atoms with E-state index in [9.17, 15) is 18.0 Å². The van der Waals surface area contributed by atoms with E-state index in [1.165, 1.54) is 6.07 Å². The van der Waals surface area contributed by atoms with Gasteiger partial charge in [0.15, 0.2) is 0 Å². The van der Waals surface area contributed by atoms with Crippen molar-refractivity contribution in [2.45, 2.75) is 49.3 Å². The van der Waals surface area contributed by atoms with Crippen LogP contribution in [-0.2, 0) is 17.5 Å². The first kappa shape index (κ1) is 17.0. The van der Waals surface area contributed by atoms with Gasteiger partial charge in [-0.2, -0.15) is 18.3 Å². The Morgan fingerprint density at radius 3 is 2.70 bits per heavy atom. The first-order valence-corrected chi connectivity index (χ1v) is 9.17. The number of alkyl halides is 4. The summed E-state index contributed by atoms with van der Waals surface area (Å²) < 4.78 is 40.4. The van der Waals surface area contributed by atoms with E-state index in [0.29, 0.717) is 17.8 Å². The van der Waals surface area contributed by atoms with Crippen molar-refractivity contribution in [3.8, 4) is 11.3 Å². The first-order valence-electron chi connectivity index (χ1n) is 8.79. The monoisotopic (exact) mass is 396 g/mol. The number of fused-ring (bicyclic) bond motifs is 1. The second-order valence-corrected chi connectivity index (χ2v) is 8.68. The molecule has 3 aliphatic carbocycles. The summed E-state index contributed by atoms with van der Waals surface area (Å²) in [4.78, 5) is 15.8. The molecule has 0 aromatic carbocycles. The number of amides is 1. The Labute approximate surface area is 157 Å². The summed E-state index contributed by atoms with van der Waals surface area (Å²) in [6.07, 6.45) is -0.476. The SMILES string of the molecule is O=C(N[C@H]1CCn2nc(-c3ccnc(C(F)(F)F)c3)cc21)C12CC(Cl)(C1)C2. The number of aryl methyl sites for hydroxylation is 1. The molecule has 1 N–H and O–H groups in total. The summed E-state index contributed by atoms with van der Waals surface area (Å²) in [5.74, 6) is 0.0227. The Morgan fingerprint density at radius 2 is 2.04 bits per heavy atom. The normalized spacial score (nSPS) is 31.0. The molecule has 142 valence electrons. The summed E-state index contributed by atoms with van der Waals surface area (Å²) in [6.45, 7) is 0.615. The van der Waals surface area contributed by atoms with Gasteiger partial charge in [0.1, 0.15) is 5.69 Å². The van der Waals surface area contributed by atoms with Gasteiger partial charge in [-0.05, 0) is 43.9 Å². The molecule has 3 fully saturated rings. The molecule has 0 radical (unpaired) electrons. The fourth-order valence-corrected chi connectivity index (χ4v) is 5.31. The van der Waals surface area contributed by atoms with Gasteiger partial charge in [-0.15, -0.1) is 11.6 Å². The maximum Gasteiger partial charge on any atom is 0.433 e. The predicted molar refractivity (Wildman–Crippen MR) is 90.8 cm³/mol. The third-order valence-electron chi connectivity index (χ3n) is 5.90. The van der Waals surface area contributed by atoms with Gasteiger partial charge in [0, 0.05) is 23.2 Å². The summed E-state index contributed by atoms with van der Waals surface area (Å²) in [5.41, 5.74) is 0.354. The highest BCUT2D eigenvalue weighted by atomic mass is 35.5. The van der Waals surface area contributed by atoms with E-state index in [0.717, 1.165) is 43.6 Å². The average Bonchev–Trinajstić information content (AvgIpc) is 3.12. The first-order chi connectivity index (χ1) is 12.7. The predicted octanol–water partition coefficient (Wildman–Crippen LogP) is 3.69. The molecule has 2 aromatic heterocycles. The van der Waals surface area contributed by atoms with Crippen LogP contribution >= 0.6 is 11.6 Å². The summed E-state index contributed by atoms with van der Waals surface area (Å²) >= 11 is 6.24. The van der Waals surface area contributed by atoms with Crippen molar-refractivity contribution in [3.63, 3.8) is 0 Å². The molecule has 1 aliphatic heterocycles. The number of carbonyl (C=O) groups excluding carboxylic acids is 1. The van der Waals surface area contributed by atoms with Crippen molar-refractivity contribution in [3.05, 3.63) is 35.8 Å². The van der Waals surface area contributed by atoms with E-state index in [4.69, 9.17) is 11.6 Å². The minimum Gasteiger partial charge on any atom is -0.347 e. The highest BCUT2D eigenvalue weighted by Gasteiger charge is 2.71. The lowest BCUT2D eigenvalue weighted by molar-refractivity contribution is -0.159. The van der Waals surface area contributed by atoms with E-state index in [1.807, 2.05) is 0 Å². The van der Waals surface area contributed by atoms with Crippen molar-refractivity contribution < 1.29 is 18.0 Å². The molecule has 6 rings (SSSR count). The van der Waals surface area contributed by atoms with Crippen LogP contribution in [0.2, 0.25) is 0 Å². The standard InChI is InChI=1S/C18H16ClF3N4O/c19-17-7-16(8-17,9-17)15(27)24-11-2-4-26-13(11)6-12(25-26)10-1-3-23-14(5-10)18(20,21)22/h1,3,5-6,11H,2,4,7-9H2,(H,24,27)/t11-,16?,17?/m0/s1. The van der Waals surface area contributed by atoms with Crippen LogP contribution < -0.4 is 5.32 Å². The van der Waals surface area contributed by atoms with Gasteiger partial charge in [-0.1, -0.05) is 0 Å². The quantitative estimate of drug-likeness (QED) is 0.805. The molecular formula is C18H16ClF3N4O. The molecule has 3 saturated carbocycles. The van der Waals surface area contributed by atoms with Crippen molar-refractivity contribution in [1.29, 1.82) is 0 Å². The average molecular weight is 397 g/mol. The number of rotatable bonds is 3. The zero-order valence-electron chi connectivity index (χ0n) is 14.2. The number of nitrogens with zero attached hydrogens (tertiary/aromatic N) is 3. The van der Waals surface area contributed by atoms with Gasteiger partial charge < -0.3 is 5.32 Å². The summed E-state index contributed by atoms with van der Waals surface area (Å²) in [5, 5.41) is 7.49. The third kappa shape index (κ3) is 2.56. The molecule has 4 aliphatic rings. The number of hydrogen-bond donors (Lipinski definition) is 1. The lowest BCUT2D eigenvalue weighted by Gasteiger charge is -2.66. The number of aromatic nitrogens is 3. The fraction of sp³-hybridized carbons (Fsp3) is 0.500.